The van der Waals surface area contributed by atoms with Crippen molar-refractivity contribution in [1.29, 1.82) is 0 Å². The predicted molar refractivity (Wildman–Crippen MR) is 69.9 cm³/mol. The lowest BCUT2D eigenvalue weighted by molar-refractivity contribution is 0.414. The number of anilines is 1. The Morgan fingerprint density at radius 1 is 1.44 bits per heavy atom. The van der Waals surface area contributed by atoms with Crippen LogP contribution in [0.15, 0.2) is 23.1 Å². The number of sulfonamides is 1. The fourth-order valence-corrected chi connectivity index (χ4v) is 3.81. The van der Waals surface area contributed by atoms with E-state index in [2.05, 4.69) is 0 Å². The standard InChI is InChI=1S/C12H18N2O3S/c1-9-5-6-14(8-9)18(15,16)12-4-3-10(17-2)7-11(12)13/h3-4,7,9H,5-6,8,13H2,1-2H3. The fourth-order valence-electron chi connectivity index (χ4n) is 2.14. The molecule has 1 heterocycles. The normalized spacial score (nSPS) is 21.1. The minimum Gasteiger partial charge on any atom is -0.497 e. The largest absolute Gasteiger partial charge is 0.497 e. The van der Waals surface area contributed by atoms with Gasteiger partial charge in [-0.05, 0) is 24.5 Å². The molecule has 2 rings (SSSR count). The molecule has 1 unspecified atom stereocenters. The van der Waals surface area contributed by atoms with Gasteiger partial charge in [0.25, 0.3) is 0 Å². The maximum atomic E-state index is 12.4. The van der Waals surface area contributed by atoms with E-state index < -0.39 is 10.0 Å². The SMILES string of the molecule is COc1ccc(S(=O)(=O)N2CCC(C)C2)c(N)c1. The zero-order valence-corrected chi connectivity index (χ0v) is 11.4. The maximum absolute atomic E-state index is 12.4. The van der Waals surface area contributed by atoms with Gasteiger partial charge in [-0.3, -0.25) is 0 Å². The van der Waals surface area contributed by atoms with Crippen molar-refractivity contribution in [1.82, 2.24) is 4.31 Å². The van der Waals surface area contributed by atoms with Crippen molar-refractivity contribution >= 4 is 15.7 Å². The Morgan fingerprint density at radius 3 is 2.67 bits per heavy atom. The van der Waals surface area contributed by atoms with Gasteiger partial charge in [-0.25, -0.2) is 8.42 Å². The van der Waals surface area contributed by atoms with Gasteiger partial charge in [0, 0.05) is 19.2 Å². The molecule has 1 atom stereocenters. The van der Waals surface area contributed by atoms with Crippen LogP contribution < -0.4 is 10.5 Å². The molecule has 100 valence electrons. The Morgan fingerprint density at radius 2 is 2.17 bits per heavy atom. The summed E-state index contributed by atoms with van der Waals surface area (Å²) in [6.45, 7) is 3.18. The van der Waals surface area contributed by atoms with Gasteiger partial charge < -0.3 is 10.5 Å². The third-order valence-corrected chi connectivity index (χ3v) is 5.16. The summed E-state index contributed by atoms with van der Waals surface area (Å²) < 4.78 is 31.3. The number of ether oxygens (including phenoxy) is 1. The summed E-state index contributed by atoms with van der Waals surface area (Å²) in [5.74, 6) is 0.959. The van der Waals surface area contributed by atoms with E-state index in [4.69, 9.17) is 10.5 Å². The molecule has 18 heavy (non-hydrogen) atoms. The van der Waals surface area contributed by atoms with Crippen molar-refractivity contribution in [3.8, 4) is 5.75 Å². The first kappa shape index (κ1) is 13.2. The van der Waals surface area contributed by atoms with E-state index in [-0.39, 0.29) is 10.6 Å². The fraction of sp³-hybridized carbons (Fsp3) is 0.500. The molecule has 0 radical (unpaired) electrons. The van der Waals surface area contributed by atoms with Gasteiger partial charge in [-0.1, -0.05) is 6.92 Å². The molecule has 0 saturated carbocycles. The first-order valence-electron chi connectivity index (χ1n) is 5.89. The lowest BCUT2D eigenvalue weighted by Crippen LogP contribution is -2.29. The molecule has 0 aromatic heterocycles. The lowest BCUT2D eigenvalue weighted by atomic mass is 10.2. The molecule has 5 nitrogen and oxygen atoms in total. The van der Waals surface area contributed by atoms with Crippen LogP contribution >= 0.6 is 0 Å². The summed E-state index contributed by atoms with van der Waals surface area (Å²) in [5, 5.41) is 0. The van der Waals surface area contributed by atoms with Crippen LogP contribution in [-0.2, 0) is 10.0 Å². The minimum absolute atomic E-state index is 0.164. The highest BCUT2D eigenvalue weighted by molar-refractivity contribution is 7.89. The van der Waals surface area contributed by atoms with E-state index >= 15 is 0 Å². The summed E-state index contributed by atoms with van der Waals surface area (Å²) in [4.78, 5) is 0.164. The summed E-state index contributed by atoms with van der Waals surface area (Å²) in [6, 6.07) is 4.65. The predicted octanol–water partition coefficient (Wildman–Crippen LogP) is 1.31. The highest BCUT2D eigenvalue weighted by atomic mass is 32.2. The monoisotopic (exact) mass is 270 g/mol. The molecule has 1 fully saturated rings. The number of methoxy groups -OCH3 is 1. The Hall–Kier alpha value is -1.27. The Bertz CT molecular complexity index is 542. The Kier molecular flexibility index (Phi) is 3.49. The number of rotatable bonds is 3. The molecule has 1 aliphatic rings. The maximum Gasteiger partial charge on any atom is 0.245 e. The smallest absolute Gasteiger partial charge is 0.245 e. The van der Waals surface area contributed by atoms with Gasteiger partial charge in [0.2, 0.25) is 10.0 Å². The van der Waals surface area contributed by atoms with Gasteiger partial charge in [-0.15, -0.1) is 0 Å². The molecule has 1 saturated heterocycles. The molecular formula is C12H18N2O3S. The Balaban J connectivity index is 2.36. The summed E-state index contributed by atoms with van der Waals surface area (Å²) in [5.41, 5.74) is 6.03. The molecule has 0 amide bonds. The van der Waals surface area contributed by atoms with E-state index in [0.717, 1.165) is 6.42 Å². The number of nitrogens with two attached hydrogens (primary N) is 1. The van der Waals surface area contributed by atoms with Gasteiger partial charge in [0.1, 0.15) is 10.6 Å². The van der Waals surface area contributed by atoms with E-state index in [1.54, 1.807) is 6.07 Å². The van der Waals surface area contributed by atoms with E-state index in [1.165, 1.54) is 23.5 Å². The van der Waals surface area contributed by atoms with Gasteiger partial charge in [-0.2, -0.15) is 4.31 Å². The van der Waals surface area contributed by atoms with Crippen LogP contribution in [-0.4, -0.2) is 32.9 Å². The molecule has 2 N–H and O–H groups in total. The van der Waals surface area contributed by atoms with Gasteiger partial charge in [0.15, 0.2) is 0 Å². The molecular weight excluding hydrogens is 252 g/mol. The third kappa shape index (κ3) is 2.30. The van der Waals surface area contributed by atoms with Crippen molar-refractivity contribution in [2.75, 3.05) is 25.9 Å². The Labute approximate surface area is 108 Å². The number of hydrogen-bond acceptors (Lipinski definition) is 4. The van der Waals surface area contributed by atoms with Crippen LogP contribution in [0.4, 0.5) is 5.69 Å². The summed E-state index contributed by atoms with van der Waals surface area (Å²) >= 11 is 0. The van der Waals surface area contributed by atoms with E-state index in [0.29, 0.717) is 24.8 Å². The second-order valence-corrected chi connectivity index (χ2v) is 6.57. The molecule has 1 aromatic carbocycles. The zero-order chi connectivity index (χ0) is 13.3. The van der Waals surface area contributed by atoms with E-state index in [9.17, 15) is 8.42 Å². The lowest BCUT2D eigenvalue weighted by Gasteiger charge is -2.17. The number of nitrogens with zero attached hydrogens (tertiary/aromatic N) is 1. The van der Waals surface area contributed by atoms with Gasteiger partial charge >= 0.3 is 0 Å². The molecule has 1 aliphatic heterocycles. The van der Waals surface area contributed by atoms with E-state index in [1.807, 2.05) is 6.92 Å². The summed E-state index contributed by atoms with van der Waals surface area (Å²) in [6.07, 6.45) is 0.898. The van der Waals surface area contributed by atoms with Crippen molar-refractivity contribution in [3.63, 3.8) is 0 Å². The van der Waals surface area contributed by atoms with Crippen molar-refractivity contribution in [3.05, 3.63) is 18.2 Å². The number of nitrogen functional groups attached to an aromatic ring is 1. The topological polar surface area (TPSA) is 72.6 Å². The molecule has 6 heteroatoms. The minimum atomic E-state index is -3.47. The average molecular weight is 270 g/mol. The molecule has 1 aromatic rings. The number of hydrogen-bond donors (Lipinski definition) is 1. The van der Waals surface area contributed by atoms with Crippen LogP contribution in [0, 0.1) is 5.92 Å². The van der Waals surface area contributed by atoms with Crippen molar-refractivity contribution in [2.24, 2.45) is 5.92 Å². The van der Waals surface area contributed by atoms with Crippen molar-refractivity contribution < 1.29 is 13.2 Å². The highest BCUT2D eigenvalue weighted by Crippen LogP contribution is 2.29. The molecule has 0 bridgehead atoms. The first-order valence-corrected chi connectivity index (χ1v) is 7.33. The first-order chi connectivity index (χ1) is 8.45. The molecule has 0 aliphatic carbocycles. The van der Waals surface area contributed by atoms with Crippen LogP contribution in [0.25, 0.3) is 0 Å². The quantitative estimate of drug-likeness (QED) is 0.840. The highest BCUT2D eigenvalue weighted by Gasteiger charge is 2.31. The zero-order valence-electron chi connectivity index (χ0n) is 10.6. The second kappa shape index (κ2) is 4.78. The molecule has 0 spiro atoms. The van der Waals surface area contributed by atoms with Crippen LogP contribution in [0.5, 0.6) is 5.75 Å². The number of benzene rings is 1. The second-order valence-electron chi connectivity index (χ2n) is 4.66. The van der Waals surface area contributed by atoms with Crippen LogP contribution in [0.3, 0.4) is 0 Å². The average Bonchev–Trinajstić information content (AvgIpc) is 2.76. The van der Waals surface area contributed by atoms with Gasteiger partial charge in [0.05, 0.1) is 12.8 Å². The van der Waals surface area contributed by atoms with Crippen LogP contribution in [0.1, 0.15) is 13.3 Å². The summed E-state index contributed by atoms with van der Waals surface area (Å²) in [7, 11) is -1.96. The van der Waals surface area contributed by atoms with Crippen molar-refractivity contribution in [2.45, 2.75) is 18.2 Å². The van der Waals surface area contributed by atoms with Crippen LogP contribution in [0.2, 0.25) is 0 Å². The third-order valence-electron chi connectivity index (χ3n) is 3.22.